The fourth-order valence-corrected chi connectivity index (χ4v) is 2.28. The summed E-state index contributed by atoms with van der Waals surface area (Å²) in [5.41, 5.74) is 7.19. The number of nitrogens with two attached hydrogens (primary N) is 1. The van der Waals surface area contributed by atoms with E-state index >= 15 is 0 Å². The molecule has 0 aliphatic heterocycles. The molecule has 2 heterocycles. The summed E-state index contributed by atoms with van der Waals surface area (Å²) in [7, 11) is 0. The maximum atomic E-state index is 5.82. The van der Waals surface area contributed by atoms with E-state index in [2.05, 4.69) is 20.3 Å². The SMILES string of the molecule is Nc1nc2cnc(Nc3ccc(Cl)cc3)nc2s1. The standard InChI is InChI=1S/C11H8ClN5S/c12-6-1-3-7(4-2-6)15-11-14-5-8-9(17-11)18-10(13)16-8/h1-5H,(H2,13,16)(H,14,15,17). The van der Waals surface area contributed by atoms with E-state index in [1.54, 1.807) is 18.3 Å². The molecule has 1 aromatic carbocycles. The number of hydrogen-bond donors (Lipinski definition) is 2. The molecule has 3 N–H and O–H groups in total. The number of halogens is 1. The molecule has 0 aliphatic carbocycles. The average molecular weight is 278 g/mol. The molecular weight excluding hydrogens is 270 g/mol. The zero-order valence-corrected chi connectivity index (χ0v) is 10.7. The minimum Gasteiger partial charge on any atom is -0.375 e. The first-order valence-corrected chi connectivity index (χ1v) is 6.32. The first-order valence-electron chi connectivity index (χ1n) is 5.12. The zero-order valence-electron chi connectivity index (χ0n) is 9.09. The molecule has 3 rings (SSSR count). The first-order chi connectivity index (χ1) is 8.70. The molecule has 0 amide bonds. The normalized spacial score (nSPS) is 10.7. The van der Waals surface area contributed by atoms with E-state index in [0.717, 1.165) is 10.5 Å². The minimum absolute atomic E-state index is 0.489. The number of rotatable bonds is 2. The third-order valence-corrected chi connectivity index (χ3v) is 3.31. The fourth-order valence-electron chi connectivity index (χ4n) is 1.47. The topological polar surface area (TPSA) is 76.7 Å². The first kappa shape index (κ1) is 11.2. The Bertz CT molecular complexity index is 694. The summed E-state index contributed by atoms with van der Waals surface area (Å²) in [6.45, 7) is 0. The average Bonchev–Trinajstić information content (AvgIpc) is 2.71. The van der Waals surface area contributed by atoms with Gasteiger partial charge in [0.15, 0.2) is 9.96 Å². The number of thiazole rings is 1. The number of hydrogen-bond acceptors (Lipinski definition) is 6. The second-order valence-electron chi connectivity index (χ2n) is 3.57. The number of aromatic nitrogens is 3. The number of anilines is 3. The zero-order chi connectivity index (χ0) is 12.5. The molecule has 0 saturated heterocycles. The summed E-state index contributed by atoms with van der Waals surface area (Å²) >= 11 is 7.15. The lowest BCUT2D eigenvalue weighted by Crippen LogP contribution is -1.95. The monoisotopic (exact) mass is 277 g/mol. The molecule has 0 unspecified atom stereocenters. The van der Waals surface area contributed by atoms with Crippen molar-refractivity contribution in [2.75, 3.05) is 11.1 Å². The molecule has 0 spiro atoms. The van der Waals surface area contributed by atoms with Crippen molar-refractivity contribution in [1.29, 1.82) is 0 Å². The van der Waals surface area contributed by atoms with Crippen LogP contribution in [0.3, 0.4) is 0 Å². The predicted molar refractivity (Wildman–Crippen MR) is 74.4 cm³/mol. The molecule has 90 valence electrons. The highest BCUT2D eigenvalue weighted by Gasteiger charge is 2.05. The molecule has 7 heteroatoms. The van der Waals surface area contributed by atoms with Crippen LogP contribution in [0.1, 0.15) is 0 Å². The van der Waals surface area contributed by atoms with E-state index in [4.69, 9.17) is 17.3 Å². The fraction of sp³-hybridized carbons (Fsp3) is 0. The van der Waals surface area contributed by atoms with Crippen molar-refractivity contribution in [2.45, 2.75) is 0 Å². The third kappa shape index (κ3) is 2.20. The summed E-state index contributed by atoms with van der Waals surface area (Å²) in [5, 5.41) is 4.27. The van der Waals surface area contributed by atoms with E-state index in [0.29, 0.717) is 21.6 Å². The van der Waals surface area contributed by atoms with Crippen LogP contribution in [0.25, 0.3) is 10.3 Å². The van der Waals surface area contributed by atoms with Crippen LogP contribution in [0.4, 0.5) is 16.8 Å². The second-order valence-corrected chi connectivity index (χ2v) is 5.01. The van der Waals surface area contributed by atoms with Gasteiger partial charge in [-0.05, 0) is 24.3 Å². The molecule has 5 nitrogen and oxygen atoms in total. The summed E-state index contributed by atoms with van der Waals surface area (Å²) in [5.74, 6) is 0.508. The molecule has 0 fully saturated rings. The highest BCUT2D eigenvalue weighted by atomic mass is 35.5. The van der Waals surface area contributed by atoms with Gasteiger partial charge in [-0.3, -0.25) is 0 Å². The van der Waals surface area contributed by atoms with Crippen LogP contribution < -0.4 is 11.1 Å². The molecule has 0 aliphatic rings. The van der Waals surface area contributed by atoms with E-state index in [1.165, 1.54) is 11.3 Å². The summed E-state index contributed by atoms with van der Waals surface area (Å²) in [6.07, 6.45) is 1.65. The minimum atomic E-state index is 0.489. The van der Waals surface area contributed by atoms with Crippen LogP contribution in [0.5, 0.6) is 0 Å². The summed E-state index contributed by atoms with van der Waals surface area (Å²) in [4.78, 5) is 13.4. The van der Waals surface area contributed by atoms with Crippen molar-refractivity contribution in [1.82, 2.24) is 15.0 Å². The van der Waals surface area contributed by atoms with Gasteiger partial charge in [-0.15, -0.1) is 0 Å². The van der Waals surface area contributed by atoms with Crippen molar-refractivity contribution in [3.8, 4) is 0 Å². The van der Waals surface area contributed by atoms with Crippen LogP contribution in [0.2, 0.25) is 5.02 Å². The maximum absolute atomic E-state index is 5.82. The molecule has 0 radical (unpaired) electrons. The largest absolute Gasteiger partial charge is 0.375 e. The smallest absolute Gasteiger partial charge is 0.228 e. The summed E-state index contributed by atoms with van der Waals surface area (Å²) < 4.78 is 0. The molecule has 0 saturated carbocycles. The Morgan fingerprint density at radius 3 is 2.72 bits per heavy atom. The van der Waals surface area contributed by atoms with Gasteiger partial charge < -0.3 is 11.1 Å². The lowest BCUT2D eigenvalue weighted by atomic mass is 10.3. The van der Waals surface area contributed by atoms with Gasteiger partial charge in [0, 0.05) is 10.7 Å². The summed E-state index contributed by atoms with van der Waals surface area (Å²) in [6, 6.07) is 7.31. The number of fused-ring (bicyclic) bond motifs is 1. The molecule has 3 aromatic rings. The number of nitrogens with zero attached hydrogens (tertiary/aromatic N) is 3. The predicted octanol–water partition coefficient (Wildman–Crippen LogP) is 3.07. The lowest BCUT2D eigenvalue weighted by molar-refractivity contribution is 1.21. The van der Waals surface area contributed by atoms with E-state index in [-0.39, 0.29) is 0 Å². The van der Waals surface area contributed by atoms with Crippen molar-refractivity contribution >= 4 is 50.1 Å². The van der Waals surface area contributed by atoms with Crippen LogP contribution >= 0.6 is 22.9 Å². The van der Waals surface area contributed by atoms with Crippen molar-refractivity contribution in [3.63, 3.8) is 0 Å². The van der Waals surface area contributed by atoms with Crippen LogP contribution in [-0.4, -0.2) is 15.0 Å². The van der Waals surface area contributed by atoms with Crippen LogP contribution in [-0.2, 0) is 0 Å². The molecule has 0 atom stereocenters. The Kier molecular flexibility index (Phi) is 2.73. The number of benzene rings is 1. The quantitative estimate of drug-likeness (QED) is 0.753. The number of nitrogen functional groups attached to an aromatic ring is 1. The van der Waals surface area contributed by atoms with Gasteiger partial charge in [-0.1, -0.05) is 22.9 Å². The van der Waals surface area contributed by atoms with E-state index in [9.17, 15) is 0 Å². The molecule has 2 aromatic heterocycles. The Labute approximate surface area is 112 Å². The molecular formula is C11H8ClN5S. The lowest BCUT2D eigenvalue weighted by Gasteiger charge is -2.03. The highest BCUT2D eigenvalue weighted by molar-refractivity contribution is 7.21. The van der Waals surface area contributed by atoms with Gasteiger partial charge in [0.25, 0.3) is 0 Å². The van der Waals surface area contributed by atoms with Gasteiger partial charge in [-0.2, -0.15) is 4.98 Å². The second kappa shape index (κ2) is 4.40. The van der Waals surface area contributed by atoms with Gasteiger partial charge in [-0.25, -0.2) is 9.97 Å². The highest BCUT2D eigenvalue weighted by Crippen LogP contribution is 2.23. The van der Waals surface area contributed by atoms with Crippen LogP contribution in [0, 0.1) is 0 Å². The maximum Gasteiger partial charge on any atom is 0.228 e. The Balaban J connectivity index is 1.92. The molecule has 0 bridgehead atoms. The van der Waals surface area contributed by atoms with Crippen molar-refractivity contribution < 1.29 is 0 Å². The molecule has 18 heavy (non-hydrogen) atoms. The Hall–Kier alpha value is -1.92. The van der Waals surface area contributed by atoms with Gasteiger partial charge in [0.1, 0.15) is 5.52 Å². The third-order valence-electron chi connectivity index (χ3n) is 2.27. The van der Waals surface area contributed by atoms with Crippen molar-refractivity contribution in [3.05, 3.63) is 35.5 Å². The van der Waals surface area contributed by atoms with Gasteiger partial charge >= 0.3 is 0 Å². The van der Waals surface area contributed by atoms with E-state index < -0.39 is 0 Å². The number of nitrogens with one attached hydrogen (secondary N) is 1. The Morgan fingerprint density at radius 2 is 1.94 bits per heavy atom. The van der Waals surface area contributed by atoms with E-state index in [1.807, 2.05) is 12.1 Å². The van der Waals surface area contributed by atoms with Gasteiger partial charge in [0.2, 0.25) is 5.95 Å². The van der Waals surface area contributed by atoms with Crippen molar-refractivity contribution in [2.24, 2.45) is 0 Å². The Morgan fingerprint density at radius 1 is 1.17 bits per heavy atom. The van der Waals surface area contributed by atoms with Crippen LogP contribution in [0.15, 0.2) is 30.5 Å². The van der Waals surface area contributed by atoms with Gasteiger partial charge in [0.05, 0.1) is 6.20 Å².